The van der Waals surface area contributed by atoms with Gasteiger partial charge < -0.3 is 9.84 Å². The third-order valence-electron chi connectivity index (χ3n) is 3.21. The topological polar surface area (TPSA) is 29.5 Å². The van der Waals surface area contributed by atoms with Gasteiger partial charge in [-0.05, 0) is 39.5 Å². The summed E-state index contributed by atoms with van der Waals surface area (Å²) < 4.78 is 5.49. The molecule has 0 heterocycles. The Hall–Kier alpha value is -0.340. The molecule has 0 aromatic carbocycles. The molecule has 0 spiro atoms. The van der Waals surface area contributed by atoms with Gasteiger partial charge in [0.25, 0.3) is 0 Å². The molecule has 0 aliphatic rings. The van der Waals surface area contributed by atoms with E-state index in [0.717, 1.165) is 19.3 Å². The third kappa shape index (κ3) is 6.69. The average molecular weight is 214 g/mol. The Bertz CT molecular complexity index is 181. The minimum atomic E-state index is 0.0502. The Labute approximate surface area is 94.3 Å². The summed E-state index contributed by atoms with van der Waals surface area (Å²) in [5, 5.41) is 8.70. The van der Waals surface area contributed by atoms with Crippen molar-refractivity contribution in [2.75, 3.05) is 13.7 Å². The van der Waals surface area contributed by atoms with Gasteiger partial charge in [0.15, 0.2) is 0 Å². The number of hydrogen-bond acceptors (Lipinski definition) is 2. The zero-order valence-electron chi connectivity index (χ0n) is 10.7. The van der Waals surface area contributed by atoms with Crippen molar-refractivity contribution in [3.05, 3.63) is 11.6 Å². The molecule has 0 aromatic rings. The van der Waals surface area contributed by atoms with E-state index in [1.807, 2.05) is 6.08 Å². The second-order valence-electron chi connectivity index (χ2n) is 4.45. The van der Waals surface area contributed by atoms with Gasteiger partial charge in [-0.25, -0.2) is 0 Å². The van der Waals surface area contributed by atoms with Crippen LogP contribution in [0.3, 0.4) is 0 Å². The first kappa shape index (κ1) is 14.7. The Morgan fingerprint density at radius 3 is 2.53 bits per heavy atom. The third-order valence-corrected chi connectivity index (χ3v) is 3.21. The minimum absolute atomic E-state index is 0.0502. The van der Waals surface area contributed by atoms with E-state index in [1.165, 1.54) is 18.4 Å². The number of aliphatic hydroxyl groups excluding tert-OH is 1. The first-order chi connectivity index (χ1) is 7.08. The highest BCUT2D eigenvalue weighted by Crippen LogP contribution is 2.22. The number of unbranched alkanes of at least 4 members (excludes halogenated alkanes) is 1. The van der Waals surface area contributed by atoms with Crippen molar-refractivity contribution >= 4 is 0 Å². The summed E-state index contributed by atoms with van der Waals surface area (Å²) >= 11 is 0. The molecule has 0 rings (SSSR count). The van der Waals surface area contributed by atoms with E-state index in [2.05, 4.69) is 20.8 Å². The fourth-order valence-corrected chi connectivity index (χ4v) is 1.58. The molecule has 1 N–H and O–H groups in total. The van der Waals surface area contributed by atoms with Crippen LogP contribution in [0.2, 0.25) is 0 Å². The summed E-state index contributed by atoms with van der Waals surface area (Å²) in [6, 6.07) is 0. The summed E-state index contributed by atoms with van der Waals surface area (Å²) in [4.78, 5) is 0. The molecule has 0 aliphatic carbocycles. The van der Waals surface area contributed by atoms with E-state index in [-0.39, 0.29) is 12.2 Å². The zero-order valence-corrected chi connectivity index (χ0v) is 10.7. The highest BCUT2D eigenvalue weighted by atomic mass is 16.5. The molecule has 1 atom stereocenters. The maximum Gasteiger partial charge on any atom is 0.0648 e. The number of rotatable bonds is 8. The van der Waals surface area contributed by atoms with E-state index in [9.17, 15) is 0 Å². The Kier molecular flexibility index (Phi) is 7.71. The van der Waals surface area contributed by atoms with Crippen molar-refractivity contribution in [1.82, 2.24) is 0 Å². The smallest absolute Gasteiger partial charge is 0.0648 e. The van der Waals surface area contributed by atoms with Crippen LogP contribution in [0.5, 0.6) is 0 Å². The number of methoxy groups -OCH3 is 1. The van der Waals surface area contributed by atoms with Crippen molar-refractivity contribution < 1.29 is 9.84 Å². The Morgan fingerprint density at radius 1 is 1.40 bits per heavy atom. The quantitative estimate of drug-likeness (QED) is 0.496. The molecule has 0 bridgehead atoms. The van der Waals surface area contributed by atoms with E-state index in [0.29, 0.717) is 0 Å². The Balaban J connectivity index is 3.66. The molecule has 15 heavy (non-hydrogen) atoms. The van der Waals surface area contributed by atoms with Crippen LogP contribution in [0.4, 0.5) is 0 Å². The van der Waals surface area contributed by atoms with Crippen LogP contribution >= 0.6 is 0 Å². The predicted molar refractivity (Wildman–Crippen MR) is 65.0 cm³/mol. The van der Waals surface area contributed by atoms with Crippen LogP contribution in [0.25, 0.3) is 0 Å². The first-order valence-corrected chi connectivity index (χ1v) is 5.89. The molecule has 0 aliphatic heterocycles. The molecular formula is C13H26O2. The van der Waals surface area contributed by atoms with Crippen LogP contribution < -0.4 is 0 Å². The van der Waals surface area contributed by atoms with Crippen molar-refractivity contribution in [2.45, 2.75) is 58.5 Å². The normalized spacial score (nSPS) is 16.5. The van der Waals surface area contributed by atoms with Gasteiger partial charge in [0.05, 0.1) is 12.2 Å². The van der Waals surface area contributed by atoms with Gasteiger partial charge >= 0.3 is 0 Å². The number of aliphatic hydroxyl groups is 1. The van der Waals surface area contributed by atoms with Gasteiger partial charge in [0.2, 0.25) is 0 Å². The van der Waals surface area contributed by atoms with Crippen LogP contribution in [0.1, 0.15) is 52.9 Å². The second-order valence-corrected chi connectivity index (χ2v) is 4.45. The maximum atomic E-state index is 8.70. The first-order valence-electron chi connectivity index (χ1n) is 5.89. The minimum Gasteiger partial charge on any atom is -0.392 e. The molecular weight excluding hydrogens is 188 g/mol. The van der Waals surface area contributed by atoms with Crippen LogP contribution in [-0.2, 0) is 4.74 Å². The van der Waals surface area contributed by atoms with Crippen molar-refractivity contribution in [3.63, 3.8) is 0 Å². The molecule has 0 fully saturated rings. The van der Waals surface area contributed by atoms with Crippen molar-refractivity contribution in [3.8, 4) is 0 Å². The number of ether oxygens (including phenoxy) is 1. The fourth-order valence-electron chi connectivity index (χ4n) is 1.58. The van der Waals surface area contributed by atoms with Gasteiger partial charge in [-0.1, -0.05) is 25.0 Å². The lowest BCUT2D eigenvalue weighted by Gasteiger charge is -2.26. The highest BCUT2D eigenvalue weighted by molar-refractivity contribution is 4.97. The van der Waals surface area contributed by atoms with Crippen molar-refractivity contribution in [1.29, 1.82) is 0 Å². The molecule has 90 valence electrons. The lowest BCUT2D eigenvalue weighted by Crippen LogP contribution is -2.25. The SMILES string of the molecule is CCC(C)(CCCCC(C)=CCO)OC. The van der Waals surface area contributed by atoms with Gasteiger partial charge in [0.1, 0.15) is 0 Å². The molecule has 0 saturated heterocycles. The summed E-state index contributed by atoms with van der Waals surface area (Å²) in [5.74, 6) is 0. The lowest BCUT2D eigenvalue weighted by atomic mass is 9.94. The molecule has 0 saturated carbocycles. The van der Waals surface area contributed by atoms with E-state index >= 15 is 0 Å². The number of allylic oxidation sites excluding steroid dienone is 1. The van der Waals surface area contributed by atoms with Crippen LogP contribution in [0.15, 0.2) is 11.6 Å². The van der Waals surface area contributed by atoms with Gasteiger partial charge in [0, 0.05) is 7.11 Å². The van der Waals surface area contributed by atoms with Gasteiger partial charge in [-0.15, -0.1) is 0 Å². The summed E-state index contributed by atoms with van der Waals surface area (Å²) in [5.41, 5.74) is 1.34. The lowest BCUT2D eigenvalue weighted by molar-refractivity contribution is -0.00606. The molecule has 0 radical (unpaired) electrons. The van der Waals surface area contributed by atoms with E-state index < -0.39 is 0 Å². The molecule has 0 aromatic heterocycles. The van der Waals surface area contributed by atoms with Crippen molar-refractivity contribution in [2.24, 2.45) is 0 Å². The summed E-state index contributed by atoms with van der Waals surface area (Å²) in [6.45, 7) is 6.58. The van der Waals surface area contributed by atoms with Gasteiger partial charge in [-0.2, -0.15) is 0 Å². The zero-order chi connectivity index (χ0) is 11.7. The largest absolute Gasteiger partial charge is 0.392 e. The van der Waals surface area contributed by atoms with Crippen LogP contribution in [0, 0.1) is 0 Å². The predicted octanol–water partition coefficient (Wildman–Crippen LogP) is 3.30. The average Bonchev–Trinajstić information content (AvgIpc) is 2.24. The fraction of sp³-hybridized carbons (Fsp3) is 0.846. The van der Waals surface area contributed by atoms with E-state index in [4.69, 9.17) is 9.84 Å². The molecule has 0 amide bonds. The highest BCUT2D eigenvalue weighted by Gasteiger charge is 2.19. The van der Waals surface area contributed by atoms with Crippen LogP contribution in [-0.4, -0.2) is 24.4 Å². The monoisotopic (exact) mass is 214 g/mol. The molecule has 2 heteroatoms. The maximum absolute atomic E-state index is 8.70. The molecule has 1 unspecified atom stereocenters. The standard InChI is InChI=1S/C13H26O2/c1-5-13(3,15-4)10-7-6-8-12(2)9-11-14/h9,14H,5-8,10-11H2,1-4H3. The Morgan fingerprint density at radius 2 is 2.07 bits per heavy atom. The van der Waals surface area contributed by atoms with E-state index in [1.54, 1.807) is 7.11 Å². The second kappa shape index (κ2) is 7.89. The summed E-state index contributed by atoms with van der Waals surface area (Å²) in [6.07, 6.45) is 7.52. The van der Waals surface area contributed by atoms with Gasteiger partial charge in [-0.3, -0.25) is 0 Å². The number of hydrogen-bond donors (Lipinski definition) is 1. The summed E-state index contributed by atoms with van der Waals surface area (Å²) in [7, 11) is 1.79. The molecule has 2 nitrogen and oxygen atoms in total.